The molecule has 2 aromatic heterocycles. The Kier molecular flexibility index (Phi) is 4.19. The molecule has 0 radical (unpaired) electrons. The predicted octanol–water partition coefficient (Wildman–Crippen LogP) is 0.439. The number of amides is 1. The molecule has 4 rings (SSSR count). The summed E-state index contributed by atoms with van der Waals surface area (Å²) in [5, 5.41) is 13.7. The molecule has 1 aliphatic carbocycles. The van der Waals surface area contributed by atoms with E-state index in [2.05, 4.69) is 20.6 Å². The molecule has 0 spiro atoms. The van der Waals surface area contributed by atoms with Crippen LogP contribution in [0.25, 0.3) is 5.00 Å². The van der Waals surface area contributed by atoms with Crippen molar-refractivity contribution in [3.63, 3.8) is 0 Å². The Bertz CT molecular complexity index is 755. The molecule has 128 valence electrons. The first-order chi connectivity index (χ1) is 11.7. The number of carbonyl (C=O) groups is 1. The van der Waals surface area contributed by atoms with E-state index in [9.17, 15) is 9.59 Å². The molecule has 0 unspecified atom stereocenters. The van der Waals surface area contributed by atoms with Gasteiger partial charge in [-0.05, 0) is 53.6 Å². The van der Waals surface area contributed by atoms with Crippen LogP contribution in [-0.2, 0) is 11.5 Å². The largest absolute Gasteiger partial charge is 0.370 e. The molecule has 24 heavy (non-hydrogen) atoms. The highest BCUT2D eigenvalue weighted by atomic mass is 32.1. The number of piperidine rings is 1. The van der Waals surface area contributed by atoms with Crippen molar-refractivity contribution in [2.75, 3.05) is 13.1 Å². The smallest absolute Gasteiger partial charge is 0.353 e. The Morgan fingerprint density at radius 1 is 1.25 bits per heavy atom. The summed E-state index contributed by atoms with van der Waals surface area (Å²) in [6, 6.07) is 3.98. The van der Waals surface area contributed by atoms with Crippen molar-refractivity contribution in [1.82, 2.24) is 30.0 Å². The molecule has 3 heterocycles. The van der Waals surface area contributed by atoms with E-state index in [0.29, 0.717) is 6.67 Å². The predicted molar refractivity (Wildman–Crippen MR) is 89.0 cm³/mol. The van der Waals surface area contributed by atoms with E-state index < -0.39 is 0 Å². The van der Waals surface area contributed by atoms with E-state index in [0.717, 1.165) is 43.8 Å². The topological polar surface area (TPSA) is 85.1 Å². The molecule has 0 aromatic carbocycles. The monoisotopic (exact) mass is 348 g/mol. The molecule has 8 nitrogen and oxygen atoms in total. The Morgan fingerprint density at radius 2 is 2.04 bits per heavy atom. The molecular formula is C15H20N6O2S. The minimum atomic E-state index is -0.221. The van der Waals surface area contributed by atoms with Crippen LogP contribution in [0.4, 0.5) is 0 Å². The Hall–Kier alpha value is -2.00. The van der Waals surface area contributed by atoms with Crippen LogP contribution in [0.1, 0.15) is 25.7 Å². The second-order valence-electron chi connectivity index (χ2n) is 6.44. The van der Waals surface area contributed by atoms with Gasteiger partial charge in [-0.15, -0.1) is 11.3 Å². The van der Waals surface area contributed by atoms with Gasteiger partial charge in [0.15, 0.2) is 0 Å². The minimum absolute atomic E-state index is 0.212. The van der Waals surface area contributed by atoms with Crippen LogP contribution in [0.3, 0.4) is 0 Å². The summed E-state index contributed by atoms with van der Waals surface area (Å²) < 4.78 is 2.72. The number of aromatic nitrogens is 4. The summed E-state index contributed by atoms with van der Waals surface area (Å²) in [4.78, 5) is 26.3. The molecule has 2 fully saturated rings. The first-order valence-electron chi connectivity index (χ1n) is 8.30. The van der Waals surface area contributed by atoms with Crippen molar-refractivity contribution in [3.8, 4) is 5.00 Å². The third-order valence-electron chi connectivity index (χ3n) is 4.57. The summed E-state index contributed by atoms with van der Waals surface area (Å²) in [5.74, 6) is 0.470. The van der Waals surface area contributed by atoms with Gasteiger partial charge >= 0.3 is 5.69 Å². The number of carbonyl (C=O) groups excluding carboxylic acids is 1. The molecule has 1 amide bonds. The van der Waals surface area contributed by atoms with Crippen molar-refractivity contribution in [3.05, 3.63) is 28.0 Å². The van der Waals surface area contributed by atoms with Gasteiger partial charge in [-0.3, -0.25) is 9.69 Å². The summed E-state index contributed by atoms with van der Waals surface area (Å²) in [6.07, 6.45) is 3.89. The quantitative estimate of drug-likeness (QED) is 0.847. The maximum atomic E-state index is 12.4. The Morgan fingerprint density at radius 3 is 2.71 bits per heavy atom. The number of tetrazole rings is 1. The highest BCUT2D eigenvalue weighted by Gasteiger charge is 2.31. The number of hydrogen-bond acceptors (Lipinski definition) is 6. The van der Waals surface area contributed by atoms with Gasteiger partial charge < -0.3 is 5.32 Å². The average molecular weight is 348 g/mol. The lowest BCUT2D eigenvalue weighted by atomic mass is 10.1. The third-order valence-corrected chi connectivity index (χ3v) is 5.41. The highest BCUT2D eigenvalue weighted by Crippen LogP contribution is 2.29. The Balaban J connectivity index is 1.32. The minimum Gasteiger partial charge on any atom is -0.353 e. The zero-order valence-electron chi connectivity index (χ0n) is 13.3. The summed E-state index contributed by atoms with van der Waals surface area (Å²) in [6.45, 7) is 2.12. The van der Waals surface area contributed by atoms with Crippen molar-refractivity contribution in [1.29, 1.82) is 0 Å². The van der Waals surface area contributed by atoms with E-state index >= 15 is 0 Å². The number of rotatable bonds is 5. The van der Waals surface area contributed by atoms with E-state index in [4.69, 9.17) is 0 Å². The molecule has 1 N–H and O–H groups in total. The Labute approximate surface area is 143 Å². The molecule has 0 atom stereocenters. The molecule has 1 aliphatic heterocycles. The maximum absolute atomic E-state index is 12.4. The van der Waals surface area contributed by atoms with Crippen molar-refractivity contribution in [2.45, 2.75) is 38.4 Å². The molecule has 9 heteroatoms. The van der Waals surface area contributed by atoms with Gasteiger partial charge in [0.1, 0.15) is 11.7 Å². The van der Waals surface area contributed by atoms with E-state index in [1.807, 2.05) is 17.5 Å². The van der Waals surface area contributed by atoms with Crippen LogP contribution in [-0.4, -0.2) is 49.7 Å². The van der Waals surface area contributed by atoms with Gasteiger partial charge in [0.25, 0.3) is 0 Å². The molecule has 2 aliphatic rings. The molecule has 2 aromatic rings. The van der Waals surface area contributed by atoms with Crippen molar-refractivity contribution < 1.29 is 4.79 Å². The lowest BCUT2D eigenvalue weighted by Crippen LogP contribution is -2.46. The van der Waals surface area contributed by atoms with Crippen LogP contribution in [0.5, 0.6) is 0 Å². The summed E-state index contributed by atoms with van der Waals surface area (Å²) in [5.41, 5.74) is -0.221. The zero-order chi connectivity index (χ0) is 16.5. The van der Waals surface area contributed by atoms with Gasteiger partial charge in [-0.1, -0.05) is 0 Å². The van der Waals surface area contributed by atoms with Crippen LogP contribution in [0.15, 0.2) is 22.3 Å². The maximum Gasteiger partial charge on any atom is 0.370 e. The van der Waals surface area contributed by atoms with E-state index in [1.165, 1.54) is 20.7 Å². The van der Waals surface area contributed by atoms with Crippen LogP contribution >= 0.6 is 11.3 Å². The standard InChI is InChI=1S/C15H20N6O2S/c22-14(11-3-4-11)16-12-5-7-19(8-6-12)10-20-15(23)21(18-17-20)13-2-1-9-24-13/h1-2,9,11-12H,3-8,10H2,(H,16,22). The SMILES string of the molecule is O=C(NC1CCN(Cn2nnn(-c3cccs3)c2=O)CC1)C1CC1. The molecule has 1 saturated carbocycles. The van der Waals surface area contributed by atoms with Gasteiger partial charge in [-0.25, -0.2) is 4.79 Å². The average Bonchev–Trinajstić information content (AvgIpc) is 3.20. The lowest BCUT2D eigenvalue weighted by Gasteiger charge is -2.31. The van der Waals surface area contributed by atoms with E-state index in [1.54, 1.807) is 0 Å². The number of nitrogens with zero attached hydrogens (tertiary/aromatic N) is 5. The number of hydrogen-bond donors (Lipinski definition) is 1. The molecule has 0 bridgehead atoms. The fourth-order valence-corrected chi connectivity index (χ4v) is 3.63. The third kappa shape index (κ3) is 3.27. The second kappa shape index (κ2) is 6.48. The van der Waals surface area contributed by atoms with Gasteiger partial charge in [0.05, 0.1) is 0 Å². The van der Waals surface area contributed by atoms with Crippen LogP contribution in [0.2, 0.25) is 0 Å². The highest BCUT2D eigenvalue weighted by molar-refractivity contribution is 7.12. The normalized spacial score (nSPS) is 19.5. The first-order valence-corrected chi connectivity index (χ1v) is 9.18. The number of likely N-dealkylation sites (tertiary alicyclic amines) is 1. The lowest BCUT2D eigenvalue weighted by molar-refractivity contribution is -0.123. The fourth-order valence-electron chi connectivity index (χ4n) is 2.96. The number of nitrogens with one attached hydrogen (secondary N) is 1. The zero-order valence-corrected chi connectivity index (χ0v) is 14.1. The van der Waals surface area contributed by atoms with Crippen molar-refractivity contribution in [2.24, 2.45) is 5.92 Å². The number of thiophene rings is 1. The molecular weight excluding hydrogens is 328 g/mol. The van der Waals surface area contributed by atoms with Gasteiger partial charge in [0.2, 0.25) is 5.91 Å². The first kappa shape index (κ1) is 15.5. The van der Waals surface area contributed by atoms with Crippen LogP contribution in [0, 0.1) is 5.92 Å². The van der Waals surface area contributed by atoms with Gasteiger partial charge in [-0.2, -0.15) is 9.36 Å². The van der Waals surface area contributed by atoms with Gasteiger partial charge in [0, 0.05) is 25.0 Å². The fraction of sp³-hybridized carbons (Fsp3) is 0.600. The van der Waals surface area contributed by atoms with E-state index in [-0.39, 0.29) is 23.6 Å². The second-order valence-corrected chi connectivity index (χ2v) is 7.37. The summed E-state index contributed by atoms with van der Waals surface area (Å²) >= 11 is 1.46. The summed E-state index contributed by atoms with van der Waals surface area (Å²) in [7, 11) is 0. The van der Waals surface area contributed by atoms with Crippen molar-refractivity contribution >= 4 is 17.2 Å². The van der Waals surface area contributed by atoms with Crippen LogP contribution < -0.4 is 11.0 Å². The molecule has 1 saturated heterocycles.